The van der Waals surface area contributed by atoms with E-state index >= 15 is 0 Å². The SMILES string of the molecule is C=CCN1CC(=O)N2[C@@H](Cc3ccc(O)cc3)C(=O)N(Cc3cccc4c(-c5ccc(C(=O)NC6CCN(C)CC6)o5)cn(C)c34)C[C@@H]2N1C(=O)NCc1ccccc1. The van der Waals surface area contributed by atoms with Gasteiger partial charge in [-0.05, 0) is 73.9 Å². The van der Waals surface area contributed by atoms with Gasteiger partial charge in [0.15, 0.2) is 5.76 Å². The summed E-state index contributed by atoms with van der Waals surface area (Å²) in [7, 11) is 4.02. The van der Waals surface area contributed by atoms with E-state index in [2.05, 4.69) is 29.2 Å². The summed E-state index contributed by atoms with van der Waals surface area (Å²) in [4.78, 5) is 61.8. The van der Waals surface area contributed by atoms with Crippen molar-refractivity contribution in [2.75, 3.05) is 39.8 Å². The quantitative estimate of drug-likeness (QED) is 0.163. The summed E-state index contributed by atoms with van der Waals surface area (Å²) in [5, 5.41) is 20.3. The number of fused-ring (bicyclic) bond motifs is 2. The van der Waals surface area contributed by atoms with Crippen LogP contribution in [0.5, 0.6) is 5.75 Å². The van der Waals surface area contributed by atoms with Gasteiger partial charge in [-0.15, -0.1) is 6.58 Å². The molecule has 2 atom stereocenters. The van der Waals surface area contributed by atoms with E-state index in [0.29, 0.717) is 5.76 Å². The highest BCUT2D eigenvalue weighted by Gasteiger charge is 2.51. The summed E-state index contributed by atoms with van der Waals surface area (Å²) < 4.78 is 8.17. The number of phenols is 1. The summed E-state index contributed by atoms with van der Waals surface area (Å²) >= 11 is 0. The van der Waals surface area contributed by atoms with E-state index < -0.39 is 18.2 Å². The lowest BCUT2D eigenvalue weighted by Crippen LogP contribution is -2.76. The second-order valence-electron chi connectivity index (χ2n) is 15.7. The maximum Gasteiger partial charge on any atom is 0.334 e. The Morgan fingerprint density at radius 2 is 1.69 bits per heavy atom. The molecule has 2 aromatic heterocycles. The predicted octanol–water partition coefficient (Wildman–Crippen LogP) is 4.70. The predicted molar refractivity (Wildman–Crippen MR) is 223 cm³/mol. The molecule has 5 heterocycles. The Bertz CT molecular complexity index is 2350. The Morgan fingerprint density at radius 1 is 0.932 bits per heavy atom. The molecule has 0 bridgehead atoms. The maximum absolute atomic E-state index is 14.7. The van der Waals surface area contributed by atoms with Crippen LogP contribution in [0.15, 0.2) is 108 Å². The van der Waals surface area contributed by atoms with Crippen molar-refractivity contribution in [2.45, 2.75) is 50.6 Å². The van der Waals surface area contributed by atoms with Crippen LogP contribution in [0.25, 0.3) is 22.2 Å². The highest BCUT2D eigenvalue weighted by molar-refractivity contribution is 5.98. The number of carbonyl (C=O) groups excluding carboxylic acids is 4. The Morgan fingerprint density at radius 3 is 2.44 bits per heavy atom. The number of aryl methyl sites for hydroxylation is 1. The number of aromatic nitrogens is 1. The van der Waals surface area contributed by atoms with Crippen molar-refractivity contribution in [3.8, 4) is 17.1 Å². The van der Waals surface area contributed by atoms with E-state index in [0.717, 1.165) is 59.1 Å². The lowest BCUT2D eigenvalue weighted by atomic mass is 9.98. The first-order valence-corrected chi connectivity index (χ1v) is 20.1. The average molecular weight is 799 g/mol. The van der Waals surface area contributed by atoms with Crippen LogP contribution in [-0.2, 0) is 36.1 Å². The van der Waals surface area contributed by atoms with Gasteiger partial charge in [0.25, 0.3) is 5.91 Å². The van der Waals surface area contributed by atoms with Crippen LogP contribution in [0, 0.1) is 0 Å². The van der Waals surface area contributed by atoms with Crippen LogP contribution < -0.4 is 10.6 Å². The zero-order valence-corrected chi connectivity index (χ0v) is 33.4. The third kappa shape index (κ3) is 8.18. The van der Waals surface area contributed by atoms with Gasteiger partial charge < -0.3 is 39.4 Å². The number of hydrogen-bond donors (Lipinski definition) is 3. The van der Waals surface area contributed by atoms with Crippen molar-refractivity contribution in [2.24, 2.45) is 7.05 Å². The first-order chi connectivity index (χ1) is 28.6. The number of aromatic hydroxyl groups is 1. The number of para-hydroxylation sites is 1. The smallest absolute Gasteiger partial charge is 0.334 e. The number of hydrogen-bond acceptors (Lipinski definition) is 8. The minimum absolute atomic E-state index is 0.0602. The fourth-order valence-corrected chi connectivity index (χ4v) is 8.65. The Balaban J connectivity index is 1.10. The van der Waals surface area contributed by atoms with Crippen LogP contribution in [-0.4, -0.2) is 116 Å². The first kappa shape index (κ1) is 39.4. The van der Waals surface area contributed by atoms with Gasteiger partial charge >= 0.3 is 6.03 Å². The summed E-state index contributed by atoms with van der Waals surface area (Å²) in [6.45, 7) is 6.41. The molecule has 3 aromatic carbocycles. The van der Waals surface area contributed by atoms with Gasteiger partial charge in [0.2, 0.25) is 11.8 Å². The number of furan rings is 1. The molecule has 3 N–H and O–H groups in total. The van der Waals surface area contributed by atoms with Crippen molar-refractivity contribution in [1.29, 1.82) is 0 Å². The molecule has 0 radical (unpaired) electrons. The number of nitrogens with one attached hydrogen (secondary N) is 2. The Kier molecular flexibility index (Phi) is 11.3. The normalized spacial score (nSPS) is 19.3. The molecule has 5 aromatic rings. The molecule has 3 aliphatic heterocycles. The minimum atomic E-state index is -0.925. The first-order valence-electron chi connectivity index (χ1n) is 20.1. The van der Waals surface area contributed by atoms with Crippen LogP contribution >= 0.6 is 0 Å². The van der Waals surface area contributed by atoms with E-state index in [1.54, 1.807) is 56.2 Å². The molecule has 3 saturated heterocycles. The average Bonchev–Trinajstić information content (AvgIpc) is 3.86. The van der Waals surface area contributed by atoms with E-state index in [1.165, 1.54) is 0 Å². The van der Waals surface area contributed by atoms with Crippen molar-refractivity contribution in [3.05, 3.63) is 126 Å². The maximum atomic E-state index is 14.7. The van der Waals surface area contributed by atoms with Gasteiger partial charge in [-0.2, -0.15) is 0 Å². The van der Waals surface area contributed by atoms with Gasteiger partial charge in [0.05, 0.1) is 18.6 Å². The fraction of sp³-hybridized carbons (Fsp3) is 0.333. The largest absolute Gasteiger partial charge is 0.508 e. The van der Waals surface area contributed by atoms with Crippen molar-refractivity contribution in [3.63, 3.8) is 0 Å². The van der Waals surface area contributed by atoms with Crippen LogP contribution in [0.4, 0.5) is 4.79 Å². The number of phenolic OH excluding ortho intramolecular Hbond substituents is 1. The molecule has 14 nitrogen and oxygen atoms in total. The number of carbonyl (C=O) groups is 4. The van der Waals surface area contributed by atoms with Crippen LogP contribution in [0.1, 0.15) is 40.1 Å². The summed E-state index contributed by atoms with van der Waals surface area (Å²) in [6.07, 6.45) is 4.75. The lowest BCUT2D eigenvalue weighted by Gasteiger charge is -2.55. The number of piperazine rings is 1. The van der Waals surface area contributed by atoms with Gasteiger partial charge in [-0.1, -0.05) is 66.7 Å². The third-order valence-corrected chi connectivity index (χ3v) is 11.6. The van der Waals surface area contributed by atoms with Crippen molar-refractivity contribution in [1.82, 2.24) is 39.9 Å². The second-order valence-corrected chi connectivity index (χ2v) is 15.7. The van der Waals surface area contributed by atoms with E-state index in [1.807, 2.05) is 72.4 Å². The fourth-order valence-electron chi connectivity index (χ4n) is 8.65. The Labute approximate surface area is 343 Å². The van der Waals surface area contributed by atoms with E-state index in [9.17, 15) is 24.3 Å². The molecule has 0 spiro atoms. The number of benzene rings is 3. The number of hydrazine groups is 1. The standard InChI is InChI=1S/C45H50N8O6/c1-4-21-51-29-41(55)52-37(24-30-13-15-34(54)16-14-30)44(57)50(28-40(52)53(51)45(58)46-25-31-9-6-5-7-10-31)26-32-11-8-12-35-36(27-49(3)42(32)35)38-17-18-39(59-38)43(56)47-33-19-22-48(2)23-20-33/h4-18,27,33,37,40,54H,1,19-26,28-29H2,2-3H3,(H,46,58)(H,47,56)/t37-,40-/m0/s1. The molecule has 0 unspecified atom stereocenters. The number of nitrogens with zero attached hydrogens (tertiary/aromatic N) is 6. The zero-order valence-electron chi connectivity index (χ0n) is 33.4. The third-order valence-electron chi connectivity index (χ3n) is 11.6. The number of piperidine rings is 1. The summed E-state index contributed by atoms with van der Waals surface area (Å²) in [5.74, 6) is 0.146. The molecule has 59 heavy (non-hydrogen) atoms. The number of likely N-dealkylation sites (tertiary alicyclic amines) is 1. The zero-order chi connectivity index (χ0) is 41.2. The number of rotatable bonds is 11. The molecule has 8 rings (SSSR count). The Hall–Kier alpha value is -6.38. The highest BCUT2D eigenvalue weighted by atomic mass is 16.4. The molecule has 3 aliphatic rings. The molecular formula is C45H50N8O6. The molecule has 0 aliphatic carbocycles. The van der Waals surface area contributed by atoms with Gasteiger partial charge in [0, 0.05) is 56.3 Å². The number of urea groups is 1. The van der Waals surface area contributed by atoms with E-state index in [-0.39, 0.29) is 74.4 Å². The summed E-state index contributed by atoms with van der Waals surface area (Å²) in [5.41, 5.74) is 4.23. The molecule has 14 heteroatoms. The summed E-state index contributed by atoms with van der Waals surface area (Å²) in [6, 6.07) is 24.4. The molecule has 5 amide bonds. The minimum Gasteiger partial charge on any atom is -0.508 e. The van der Waals surface area contributed by atoms with Gasteiger partial charge in [-0.25, -0.2) is 14.8 Å². The second kappa shape index (κ2) is 16.8. The van der Waals surface area contributed by atoms with Gasteiger partial charge in [-0.3, -0.25) is 14.4 Å². The highest BCUT2D eigenvalue weighted by Crippen LogP contribution is 2.35. The van der Waals surface area contributed by atoms with Crippen molar-refractivity contribution >= 4 is 34.7 Å². The molecule has 306 valence electrons. The van der Waals surface area contributed by atoms with Crippen LogP contribution in [0.2, 0.25) is 0 Å². The molecule has 3 fully saturated rings. The van der Waals surface area contributed by atoms with E-state index in [4.69, 9.17) is 4.42 Å². The number of amides is 5. The molecule has 0 saturated carbocycles. The topological polar surface area (TPSA) is 147 Å². The lowest BCUT2D eigenvalue weighted by molar-refractivity contribution is -0.189. The molecular weight excluding hydrogens is 749 g/mol. The van der Waals surface area contributed by atoms with Crippen molar-refractivity contribution < 1.29 is 28.7 Å². The van der Waals surface area contributed by atoms with Gasteiger partial charge in [0.1, 0.15) is 23.7 Å². The monoisotopic (exact) mass is 798 g/mol. The van der Waals surface area contributed by atoms with Crippen LogP contribution in [0.3, 0.4) is 0 Å².